The van der Waals surface area contributed by atoms with Crippen LogP contribution in [0.5, 0.6) is 0 Å². The van der Waals surface area contributed by atoms with Crippen molar-refractivity contribution >= 4 is 17.3 Å². The maximum absolute atomic E-state index is 13.7. The van der Waals surface area contributed by atoms with E-state index in [0.29, 0.717) is 24.1 Å². The number of rotatable bonds is 5. The minimum atomic E-state index is -1.25. The maximum Gasteiger partial charge on any atom is 0.182 e. The second-order valence-corrected chi connectivity index (χ2v) is 4.42. The Morgan fingerprint density at radius 3 is 2.48 bits per heavy atom. The molecule has 0 bridgehead atoms. The van der Waals surface area contributed by atoms with E-state index in [0.717, 1.165) is 18.1 Å². The van der Waals surface area contributed by atoms with E-state index in [1.807, 2.05) is 6.92 Å². The third-order valence-corrected chi connectivity index (χ3v) is 2.93. The van der Waals surface area contributed by atoms with E-state index in [2.05, 4.69) is 20.6 Å². The van der Waals surface area contributed by atoms with Crippen LogP contribution in [0.2, 0.25) is 0 Å². The summed E-state index contributed by atoms with van der Waals surface area (Å²) in [5, 5.41) is 5.55. The third kappa shape index (κ3) is 3.24. The summed E-state index contributed by atoms with van der Waals surface area (Å²) in [6, 6.07) is 1.38. The molecule has 21 heavy (non-hydrogen) atoms. The van der Waals surface area contributed by atoms with Crippen LogP contribution in [-0.4, -0.2) is 17.0 Å². The van der Waals surface area contributed by atoms with Crippen LogP contribution in [0.25, 0.3) is 0 Å². The monoisotopic (exact) mass is 296 g/mol. The Bertz CT molecular complexity index is 646. The van der Waals surface area contributed by atoms with Gasteiger partial charge in [0.2, 0.25) is 0 Å². The van der Waals surface area contributed by atoms with Crippen molar-refractivity contribution in [2.45, 2.75) is 19.8 Å². The van der Waals surface area contributed by atoms with Crippen molar-refractivity contribution in [1.29, 1.82) is 0 Å². The zero-order valence-corrected chi connectivity index (χ0v) is 11.7. The first-order chi connectivity index (χ1) is 10.1. The van der Waals surface area contributed by atoms with Crippen molar-refractivity contribution in [2.75, 3.05) is 17.7 Å². The molecule has 0 saturated heterocycles. The van der Waals surface area contributed by atoms with Gasteiger partial charge in [0.15, 0.2) is 11.6 Å². The van der Waals surface area contributed by atoms with Gasteiger partial charge in [-0.15, -0.1) is 0 Å². The molecule has 112 valence electrons. The summed E-state index contributed by atoms with van der Waals surface area (Å²) in [6.07, 6.45) is 2.75. The molecule has 0 amide bonds. The minimum absolute atomic E-state index is 0.300. The summed E-state index contributed by atoms with van der Waals surface area (Å²) in [4.78, 5) is 8.10. The first-order valence-corrected chi connectivity index (χ1v) is 6.50. The molecule has 0 aliphatic heterocycles. The topological polar surface area (TPSA) is 49.8 Å². The number of nitrogens with zero attached hydrogens (tertiary/aromatic N) is 2. The van der Waals surface area contributed by atoms with Crippen molar-refractivity contribution in [1.82, 2.24) is 9.97 Å². The van der Waals surface area contributed by atoms with Gasteiger partial charge < -0.3 is 10.6 Å². The standard InChI is InChI=1S/C14H15F3N4/c1-3-4-9-13(18-2)19-7-20-14(9)21-11-6-8(15)5-10(16)12(11)17/h5-7H,3-4H2,1-2H3,(H2,18,19,20,21). The van der Waals surface area contributed by atoms with E-state index < -0.39 is 17.5 Å². The van der Waals surface area contributed by atoms with Crippen LogP contribution < -0.4 is 10.6 Å². The molecular formula is C14H15F3N4. The van der Waals surface area contributed by atoms with E-state index in [1.54, 1.807) is 7.05 Å². The normalized spacial score (nSPS) is 10.5. The van der Waals surface area contributed by atoms with Crippen LogP contribution in [0.1, 0.15) is 18.9 Å². The van der Waals surface area contributed by atoms with Gasteiger partial charge in [-0.25, -0.2) is 23.1 Å². The summed E-state index contributed by atoms with van der Waals surface area (Å²) < 4.78 is 40.2. The highest BCUT2D eigenvalue weighted by Crippen LogP contribution is 2.27. The molecule has 2 N–H and O–H groups in total. The predicted octanol–water partition coefficient (Wildman–Crippen LogP) is 3.63. The highest BCUT2D eigenvalue weighted by atomic mass is 19.2. The summed E-state index contributed by atoms with van der Waals surface area (Å²) in [5.74, 6) is -2.36. The summed E-state index contributed by atoms with van der Waals surface area (Å²) >= 11 is 0. The minimum Gasteiger partial charge on any atom is -0.373 e. The first kappa shape index (κ1) is 15.1. The van der Waals surface area contributed by atoms with Crippen LogP contribution in [0.4, 0.5) is 30.5 Å². The lowest BCUT2D eigenvalue weighted by atomic mass is 10.1. The van der Waals surface area contributed by atoms with Gasteiger partial charge in [0, 0.05) is 24.7 Å². The zero-order chi connectivity index (χ0) is 15.4. The lowest BCUT2D eigenvalue weighted by Crippen LogP contribution is -2.07. The van der Waals surface area contributed by atoms with E-state index in [4.69, 9.17) is 0 Å². The van der Waals surface area contributed by atoms with Crippen LogP contribution in [0.3, 0.4) is 0 Å². The van der Waals surface area contributed by atoms with Crippen LogP contribution in [0.15, 0.2) is 18.5 Å². The summed E-state index contributed by atoms with van der Waals surface area (Å²) in [6.45, 7) is 1.97. The fourth-order valence-corrected chi connectivity index (χ4v) is 2.00. The van der Waals surface area contributed by atoms with Crippen molar-refractivity contribution in [3.05, 3.63) is 41.5 Å². The van der Waals surface area contributed by atoms with Crippen molar-refractivity contribution < 1.29 is 13.2 Å². The fraction of sp³-hybridized carbons (Fsp3) is 0.286. The van der Waals surface area contributed by atoms with Gasteiger partial charge in [-0.1, -0.05) is 13.3 Å². The Kier molecular flexibility index (Phi) is 4.62. The Morgan fingerprint density at radius 2 is 1.81 bits per heavy atom. The average Bonchev–Trinajstić information content (AvgIpc) is 2.46. The Morgan fingerprint density at radius 1 is 1.10 bits per heavy atom. The predicted molar refractivity (Wildman–Crippen MR) is 75.2 cm³/mol. The number of anilines is 3. The van der Waals surface area contributed by atoms with Crippen LogP contribution in [0, 0.1) is 17.5 Å². The van der Waals surface area contributed by atoms with Gasteiger partial charge >= 0.3 is 0 Å². The van der Waals surface area contributed by atoms with Gasteiger partial charge in [0.05, 0.1) is 5.69 Å². The van der Waals surface area contributed by atoms with Gasteiger partial charge in [-0.3, -0.25) is 0 Å². The zero-order valence-electron chi connectivity index (χ0n) is 11.7. The molecule has 0 aliphatic carbocycles. The van der Waals surface area contributed by atoms with E-state index in [9.17, 15) is 13.2 Å². The molecule has 0 saturated carbocycles. The molecule has 0 radical (unpaired) electrons. The number of aromatic nitrogens is 2. The molecule has 1 aromatic carbocycles. The molecule has 1 heterocycles. The van der Waals surface area contributed by atoms with Gasteiger partial charge in [0.25, 0.3) is 0 Å². The highest BCUT2D eigenvalue weighted by molar-refractivity contribution is 5.65. The molecule has 0 spiro atoms. The lowest BCUT2D eigenvalue weighted by molar-refractivity contribution is 0.498. The molecule has 0 fully saturated rings. The second kappa shape index (κ2) is 6.43. The van der Waals surface area contributed by atoms with Gasteiger partial charge in [-0.2, -0.15) is 0 Å². The van der Waals surface area contributed by atoms with Crippen molar-refractivity contribution in [3.63, 3.8) is 0 Å². The van der Waals surface area contributed by atoms with Crippen molar-refractivity contribution in [2.24, 2.45) is 0 Å². The van der Waals surface area contributed by atoms with Crippen molar-refractivity contribution in [3.8, 4) is 0 Å². The highest BCUT2D eigenvalue weighted by Gasteiger charge is 2.15. The smallest absolute Gasteiger partial charge is 0.182 e. The number of hydrogen-bond acceptors (Lipinski definition) is 4. The molecule has 0 aliphatic rings. The third-order valence-electron chi connectivity index (χ3n) is 2.93. The summed E-state index contributed by atoms with van der Waals surface area (Å²) in [7, 11) is 1.70. The number of hydrogen-bond donors (Lipinski definition) is 2. The Labute approximate surface area is 120 Å². The lowest BCUT2D eigenvalue weighted by Gasteiger charge is -2.14. The van der Waals surface area contributed by atoms with E-state index >= 15 is 0 Å². The molecule has 2 aromatic rings. The maximum atomic E-state index is 13.7. The fourth-order valence-electron chi connectivity index (χ4n) is 2.00. The molecule has 2 rings (SSSR count). The molecule has 4 nitrogen and oxygen atoms in total. The second-order valence-electron chi connectivity index (χ2n) is 4.42. The molecule has 0 atom stereocenters. The SMILES string of the molecule is CCCc1c(NC)ncnc1Nc1cc(F)cc(F)c1F. The van der Waals surface area contributed by atoms with Crippen LogP contribution >= 0.6 is 0 Å². The Hall–Kier alpha value is -2.31. The number of benzene rings is 1. The Balaban J connectivity index is 2.44. The summed E-state index contributed by atoms with van der Waals surface area (Å²) in [5.41, 5.74) is 0.428. The number of nitrogens with one attached hydrogen (secondary N) is 2. The number of halogens is 3. The van der Waals surface area contributed by atoms with Gasteiger partial charge in [0.1, 0.15) is 23.8 Å². The molecule has 1 aromatic heterocycles. The first-order valence-electron chi connectivity index (χ1n) is 6.50. The largest absolute Gasteiger partial charge is 0.373 e. The molecular weight excluding hydrogens is 281 g/mol. The van der Waals surface area contributed by atoms with Crippen LogP contribution in [-0.2, 0) is 6.42 Å². The average molecular weight is 296 g/mol. The molecule has 0 unspecified atom stereocenters. The van der Waals surface area contributed by atoms with E-state index in [-0.39, 0.29) is 5.69 Å². The quantitative estimate of drug-likeness (QED) is 0.827. The van der Waals surface area contributed by atoms with E-state index in [1.165, 1.54) is 6.33 Å². The van der Waals surface area contributed by atoms with Gasteiger partial charge in [-0.05, 0) is 6.42 Å². The molecule has 7 heteroatoms.